The zero-order chi connectivity index (χ0) is 17.6. The van der Waals surface area contributed by atoms with Crippen LogP contribution < -0.4 is 5.32 Å². The molecule has 0 aromatic rings. The summed E-state index contributed by atoms with van der Waals surface area (Å²) in [5.41, 5.74) is 0. The second-order valence-corrected chi connectivity index (χ2v) is 8.32. The van der Waals surface area contributed by atoms with E-state index in [1.165, 1.54) is 6.26 Å². The Kier molecular flexibility index (Phi) is 12.7. The van der Waals surface area contributed by atoms with Gasteiger partial charge in [0.05, 0.1) is 5.75 Å². The van der Waals surface area contributed by atoms with Crippen LogP contribution >= 0.6 is 0 Å². The summed E-state index contributed by atoms with van der Waals surface area (Å²) in [7, 11) is -2.98. The Hall–Kier alpha value is -1.11. The average Bonchev–Trinajstić information content (AvgIpc) is 2.43. The van der Waals surface area contributed by atoms with Crippen LogP contribution in [0.2, 0.25) is 0 Å². The Balaban J connectivity index is 3.26. The molecule has 0 heterocycles. The number of carboxylic acids is 1. The van der Waals surface area contributed by atoms with Crippen molar-refractivity contribution in [2.75, 3.05) is 18.6 Å². The van der Waals surface area contributed by atoms with Gasteiger partial charge in [0.25, 0.3) is 0 Å². The molecule has 2 N–H and O–H groups in total. The van der Waals surface area contributed by atoms with Crippen molar-refractivity contribution in [2.24, 2.45) is 0 Å². The van der Waals surface area contributed by atoms with Crippen molar-refractivity contribution in [3.8, 4) is 0 Å². The van der Waals surface area contributed by atoms with E-state index in [4.69, 9.17) is 5.11 Å². The quantitative estimate of drug-likeness (QED) is 0.442. The van der Waals surface area contributed by atoms with Gasteiger partial charge >= 0.3 is 5.97 Å². The molecule has 0 rings (SSSR count). The molecule has 0 bridgehead atoms. The molecule has 0 radical (unpaired) electrons. The molecule has 0 saturated carbocycles. The van der Waals surface area contributed by atoms with Crippen molar-refractivity contribution in [1.82, 2.24) is 5.32 Å². The lowest BCUT2D eigenvalue weighted by atomic mass is 10.1. The number of sulfone groups is 1. The fourth-order valence-corrected chi connectivity index (χ4v) is 2.94. The fraction of sp³-hybridized carbons (Fsp3) is 0.875. The van der Waals surface area contributed by atoms with Gasteiger partial charge in [-0.2, -0.15) is 0 Å². The van der Waals surface area contributed by atoms with Gasteiger partial charge in [-0.05, 0) is 19.3 Å². The largest absolute Gasteiger partial charge is 0.481 e. The molecule has 0 aliphatic rings. The van der Waals surface area contributed by atoms with Crippen LogP contribution in [0.3, 0.4) is 0 Å². The van der Waals surface area contributed by atoms with Crippen molar-refractivity contribution >= 4 is 21.7 Å². The van der Waals surface area contributed by atoms with Gasteiger partial charge in [0.2, 0.25) is 5.91 Å². The zero-order valence-electron chi connectivity index (χ0n) is 14.2. The smallest absolute Gasteiger partial charge is 0.303 e. The molecular weight excluding hydrogens is 318 g/mol. The highest BCUT2D eigenvalue weighted by molar-refractivity contribution is 7.90. The fourth-order valence-electron chi connectivity index (χ4n) is 2.27. The first-order valence-electron chi connectivity index (χ1n) is 8.47. The summed E-state index contributed by atoms with van der Waals surface area (Å²) in [6, 6.07) is 0. The minimum atomic E-state index is -2.98. The summed E-state index contributed by atoms with van der Waals surface area (Å²) in [5, 5.41) is 11.3. The monoisotopic (exact) mass is 349 g/mol. The zero-order valence-corrected chi connectivity index (χ0v) is 15.0. The van der Waals surface area contributed by atoms with Crippen LogP contribution in [0.5, 0.6) is 0 Å². The molecule has 1 amide bonds. The highest BCUT2D eigenvalue weighted by Gasteiger charge is 2.05. The number of unbranched alkanes of at least 4 members (excludes halogenated alkanes) is 7. The molecule has 0 aliphatic heterocycles. The van der Waals surface area contributed by atoms with Crippen LogP contribution in [0.15, 0.2) is 0 Å². The van der Waals surface area contributed by atoms with E-state index in [9.17, 15) is 18.0 Å². The van der Waals surface area contributed by atoms with Crippen molar-refractivity contribution in [2.45, 2.75) is 70.6 Å². The van der Waals surface area contributed by atoms with E-state index in [1.807, 2.05) is 0 Å². The predicted molar refractivity (Wildman–Crippen MR) is 91.1 cm³/mol. The minimum absolute atomic E-state index is 0.0624. The number of hydrogen-bond acceptors (Lipinski definition) is 4. The number of carbonyl (C=O) groups is 2. The maximum atomic E-state index is 11.5. The molecule has 136 valence electrons. The van der Waals surface area contributed by atoms with Gasteiger partial charge in [-0.15, -0.1) is 0 Å². The van der Waals surface area contributed by atoms with Gasteiger partial charge < -0.3 is 10.4 Å². The van der Waals surface area contributed by atoms with E-state index in [2.05, 4.69) is 5.32 Å². The Morgan fingerprint density at radius 1 is 0.826 bits per heavy atom. The van der Waals surface area contributed by atoms with E-state index in [0.29, 0.717) is 13.0 Å². The second kappa shape index (κ2) is 13.3. The van der Waals surface area contributed by atoms with Crippen LogP contribution in [0.4, 0.5) is 0 Å². The standard InChI is InChI=1S/C16H31NO5S/c1-23(21,22)14-10-11-15(18)17-13-9-7-5-3-2-4-6-8-12-16(19)20/h2-14H2,1H3,(H,17,18)(H,19,20). The van der Waals surface area contributed by atoms with E-state index < -0.39 is 15.8 Å². The molecule has 6 nitrogen and oxygen atoms in total. The van der Waals surface area contributed by atoms with Gasteiger partial charge in [-0.1, -0.05) is 38.5 Å². The Morgan fingerprint density at radius 2 is 1.35 bits per heavy atom. The number of carbonyl (C=O) groups excluding carboxylic acids is 1. The van der Waals surface area contributed by atoms with E-state index in [-0.39, 0.29) is 24.5 Å². The SMILES string of the molecule is CS(=O)(=O)CCCC(=O)NCCCCCCCCCCC(=O)O. The number of carboxylic acid groups (broad SMARTS) is 1. The number of aliphatic carboxylic acids is 1. The second-order valence-electron chi connectivity index (χ2n) is 6.06. The Bertz CT molecular complexity index is 434. The average molecular weight is 349 g/mol. The molecule has 0 fully saturated rings. The number of hydrogen-bond donors (Lipinski definition) is 2. The van der Waals surface area contributed by atoms with Crippen LogP contribution in [-0.2, 0) is 19.4 Å². The van der Waals surface area contributed by atoms with E-state index in [1.54, 1.807) is 0 Å². The summed E-state index contributed by atoms with van der Waals surface area (Å²) in [4.78, 5) is 21.8. The van der Waals surface area contributed by atoms with Crippen LogP contribution in [-0.4, -0.2) is 44.0 Å². The first-order valence-corrected chi connectivity index (χ1v) is 10.5. The van der Waals surface area contributed by atoms with Gasteiger partial charge in [0.15, 0.2) is 0 Å². The highest BCUT2D eigenvalue weighted by Crippen LogP contribution is 2.09. The van der Waals surface area contributed by atoms with Crippen molar-refractivity contribution in [1.29, 1.82) is 0 Å². The number of nitrogens with one attached hydrogen (secondary N) is 1. The normalized spacial score (nSPS) is 11.3. The topological polar surface area (TPSA) is 101 Å². The highest BCUT2D eigenvalue weighted by atomic mass is 32.2. The molecule has 0 aromatic carbocycles. The summed E-state index contributed by atoms with van der Waals surface area (Å²) in [6.45, 7) is 0.649. The molecule has 7 heteroatoms. The minimum Gasteiger partial charge on any atom is -0.481 e. The lowest BCUT2D eigenvalue weighted by molar-refractivity contribution is -0.137. The maximum absolute atomic E-state index is 11.5. The molecule has 0 unspecified atom stereocenters. The van der Waals surface area contributed by atoms with E-state index >= 15 is 0 Å². The Morgan fingerprint density at radius 3 is 1.87 bits per heavy atom. The molecule has 0 saturated heterocycles. The van der Waals surface area contributed by atoms with Crippen LogP contribution in [0.25, 0.3) is 0 Å². The van der Waals surface area contributed by atoms with Gasteiger partial charge in [-0.25, -0.2) is 8.42 Å². The molecular formula is C16H31NO5S. The Labute approximate surface area is 140 Å². The van der Waals surface area contributed by atoms with Crippen molar-refractivity contribution in [3.63, 3.8) is 0 Å². The lowest BCUT2D eigenvalue weighted by Crippen LogP contribution is -2.24. The van der Waals surface area contributed by atoms with E-state index in [0.717, 1.165) is 51.4 Å². The van der Waals surface area contributed by atoms with Crippen molar-refractivity contribution < 1.29 is 23.1 Å². The third kappa shape index (κ3) is 18.8. The predicted octanol–water partition coefficient (Wildman–Crippen LogP) is 2.52. The summed E-state index contributed by atoms with van der Waals surface area (Å²) < 4.78 is 21.9. The molecule has 23 heavy (non-hydrogen) atoms. The summed E-state index contributed by atoms with van der Waals surface area (Å²) in [5.74, 6) is -0.733. The maximum Gasteiger partial charge on any atom is 0.303 e. The first kappa shape index (κ1) is 21.9. The van der Waals surface area contributed by atoms with Gasteiger partial charge in [-0.3, -0.25) is 9.59 Å². The molecule has 0 atom stereocenters. The lowest BCUT2D eigenvalue weighted by Gasteiger charge is -2.05. The van der Waals surface area contributed by atoms with Crippen LogP contribution in [0.1, 0.15) is 70.6 Å². The number of rotatable bonds is 15. The summed E-state index contributed by atoms with van der Waals surface area (Å²) in [6.07, 6.45) is 10.4. The van der Waals surface area contributed by atoms with Gasteiger partial charge in [0, 0.05) is 25.6 Å². The molecule has 0 aliphatic carbocycles. The van der Waals surface area contributed by atoms with Crippen LogP contribution in [0, 0.1) is 0 Å². The third-order valence-electron chi connectivity index (χ3n) is 3.56. The molecule has 0 spiro atoms. The molecule has 0 aromatic heterocycles. The van der Waals surface area contributed by atoms with Gasteiger partial charge in [0.1, 0.15) is 9.84 Å². The van der Waals surface area contributed by atoms with Crippen molar-refractivity contribution in [3.05, 3.63) is 0 Å². The first-order chi connectivity index (χ1) is 10.8. The summed E-state index contributed by atoms with van der Waals surface area (Å²) >= 11 is 0. The number of amides is 1. The third-order valence-corrected chi connectivity index (χ3v) is 4.59.